The lowest BCUT2D eigenvalue weighted by Gasteiger charge is -2.25. The number of aromatic carboxylic acids is 1. The summed E-state index contributed by atoms with van der Waals surface area (Å²) in [6.07, 6.45) is 4.18. The zero-order chi connectivity index (χ0) is 16.8. The van der Waals surface area contributed by atoms with E-state index < -0.39 is 5.97 Å². The molecule has 1 N–H and O–H groups in total. The van der Waals surface area contributed by atoms with Gasteiger partial charge in [-0.25, -0.2) is 4.79 Å². The van der Waals surface area contributed by atoms with Crippen molar-refractivity contribution in [1.82, 2.24) is 4.90 Å². The average Bonchev–Trinajstić information content (AvgIpc) is 2.77. The average molecular weight is 319 g/mol. The van der Waals surface area contributed by atoms with Gasteiger partial charge in [-0.2, -0.15) is 0 Å². The predicted molar refractivity (Wildman–Crippen MR) is 87.9 cm³/mol. The highest BCUT2D eigenvalue weighted by Gasteiger charge is 2.23. The molecule has 0 aliphatic carbocycles. The number of carboxylic acids is 1. The van der Waals surface area contributed by atoms with Crippen molar-refractivity contribution in [3.05, 3.63) is 34.9 Å². The van der Waals surface area contributed by atoms with Gasteiger partial charge in [0.25, 0.3) is 5.91 Å². The van der Waals surface area contributed by atoms with Crippen molar-refractivity contribution < 1.29 is 19.4 Å². The van der Waals surface area contributed by atoms with E-state index >= 15 is 0 Å². The van der Waals surface area contributed by atoms with Crippen molar-refractivity contribution in [3.63, 3.8) is 0 Å². The van der Waals surface area contributed by atoms with Crippen LogP contribution in [0.1, 0.15) is 52.0 Å². The second kappa shape index (κ2) is 8.11. The molecule has 0 spiro atoms. The van der Waals surface area contributed by atoms with E-state index in [9.17, 15) is 14.7 Å². The van der Waals surface area contributed by atoms with Crippen molar-refractivity contribution in [2.45, 2.75) is 32.6 Å². The third-order valence-corrected chi connectivity index (χ3v) is 4.36. The number of carbonyl (C=O) groups excluding carboxylic acids is 1. The number of likely N-dealkylation sites (tertiary alicyclic amines) is 1. The highest BCUT2D eigenvalue weighted by Crippen LogP contribution is 2.22. The summed E-state index contributed by atoms with van der Waals surface area (Å²) in [4.78, 5) is 25.9. The van der Waals surface area contributed by atoms with E-state index in [1.54, 1.807) is 19.2 Å². The summed E-state index contributed by atoms with van der Waals surface area (Å²) in [7, 11) is 1.69. The first-order chi connectivity index (χ1) is 11.0. The van der Waals surface area contributed by atoms with E-state index in [-0.39, 0.29) is 11.5 Å². The van der Waals surface area contributed by atoms with Crippen LogP contribution in [0, 0.1) is 12.8 Å². The van der Waals surface area contributed by atoms with E-state index in [2.05, 4.69) is 0 Å². The van der Waals surface area contributed by atoms with Gasteiger partial charge >= 0.3 is 5.97 Å². The molecular weight excluding hydrogens is 294 g/mol. The lowest BCUT2D eigenvalue weighted by molar-refractivity contribution is 0.0696. The molecule has 5 heteroatoms. The molecule has 1 saturated heterocycles. The molecule has 1 heterocycles. The molecule has 126 valence electrons. The monoisotopic (exact) mass is 319 g/mol. The van der Waals surface area contributed by atoms with Gasteiger partial charge < -0.3 is 14.7 Å². The first-order valence-corrected chi connectivity index (χ1v) is 8.14. The number of benzene rings is 1. The Hall–Kier alpha value is -1.88. The number of methoxy groups -OCH3 is 1. The maximum Gasteiger partial charge on any atom is 0.335 e. The largest absolute Gasteiger partial charge is 0.478 e. The number of ether oxygens (including phenoxy) is 1. The van der Waals surface area contributed by atoms with E-state index in [4.69, 9.17) is 4.74 Å². The molecule has 1 fully saturated rings. The summed E-state index contributed by atoms with van der Waals surface area (Å²) in [5.41, 5.74) is 1.42. The van der Waals surface area contributed by atoms with Gasteiger partial charge in [0.15, 0.2) is 0 Å². The van der Waals surface area contributed by atoms with Crippen molar-refractivity contribution in [3.8, 4) is 0 Å². The van der Waals surface area contributed by atoms with Gasteiger partial charge in [0, 0.05) is 32.4 Å². The maximum atomic E-state index is 12.8. The van der Waals surface area contributed by atoms with Crippen molar-refractivity contribution >= 4 is 11.9 Å². The summed E-state index contributed by atoms with van der Waals surface area (Å²) in [6.45, 7) is 3.98. The SMILES string of the molecule is COCCC1CCCCN(C(=O)c2cc(C)cc(C(=O)O)c2)C1. The molecular formula is C18H25NO4. The van der Waals surface area contributed by atoms with E-state index in [0.717, 1.165) is 44.3 Å². The first-order valence-electron chi connectivity index (χ1n) is 8.14. The van der Waals surface area contributed by atoms with Gasteiger partial charge in [-0.05, 0) is 55.9 Å². The Morgan fingerprint density at radius 1 is 1.26 bits per heavy atom. The Kier molecular flexibility index (Phi) is 6.16. The molecule has 0 bridgehead atoms. The van der Waals surface area contributed by atoms with Gasteiger partial charge in [-0.15, -0.1) is 0 Å². The second-order valence-electron chi connectivity index (χ2n) is 6.29. The molecule has 23 heavy (non-hydrogen) atoms. The molecule has 0 aromatic heterocycles. The Bertz CT molecular complexity index is 570. The second-order valence-corrected chi connectivity index (χ2v) is 6.29. The summed E-state index contributed by atoms with van der Waals surface area (Å²) in [5, 5.41) is 9.17. The zero-order valence-electron chi connectivity index (χ0n) is 13.9. The quantitative estimate of drug-likeness (QED) is 0.906. The van der Waals surface area contributed by atoms with Crippen LogP contribution >= 0.6 is 0 Å². The molecule has 0 saturated carbocycles. The number of hydrogen-bond donors (Lipinski definition) is 1. The van der Waals surface area contributed by atoms with Crippen molar-refractivity contribution in [2.75, 3.05) is 26.8 Å². The normalized spacial score (nSPS) is 18.5. The van der Waals surface area contributed by atoms with Crippen LogP contribution in [0.2, 0.25) is 0 Å². The van der Waals surface area contributed by atoms with Crippen LogP contribution in [0.25, 0.3) is 0 Å². The Morgan fingerprint density at radius 2 is 2.00 bits per heavy atom. The summed E-state index contributed by atoms with van der Waals surface area (Å²) >= 11 is 0. The number of carbonyl (C=O) groups is 2. The summed E-state index contributed by atoms with van der Waals surface area (Å²) < 4.78 is 5.15. The van der Waals surface area contributed by atoms with Crippen molar-refractivity contribution in [1.29, 1.82) is 0 Å². The van der Waals surface area contributed by atoms with E-state index in [1.807, 2.05) is 11.8 Å². The molecule has 1 aromatic rings. The van der Waals surface area contributed by atoms with Crippen molar-refractivity contribution in [2.24, 2.45) is 5.92 Å². The van der Waals surface area contributed by atoms with Crippen LogP contribution < -0.4 is 0 Å². The Morgan fingerprint density at radius 3 is 2.70 bits per heavy atom. The Balaban J connectivity index is 2.16. The minimum Gasteiger partial charge on any atom is -0.478 e. The van der Waals surface area contributed by atoms with Crippen LogP contribution in [0.5, 0.6) is 0 Å². The molecule has 1 unspecified atom stereocenters. The third kappa shape index (κ3) is 4.79. The summed E-state index contributed by atoms with van der Waals surface area (Å²) in [5.74, 6) is -0.623. The van der Waals surface area contributed by atoms with Gasteiger partial charge in [0.05, 0.1) is 5.56 Å². The number of amides is 1. The minimum atomic E-state index is -1.00. The zero-order valence-corrected chi connectivity index (χ0v) is 13.9. The van der Waals surface area contributed by atoms with Crippen LogP contribution in [-0.4, -0.2) is 48.7 Å². The number of hydrogen-bond acceptors (Lipinski definition) is 3. The minimum absolute atomic E-state index is 0.0690. The molecule has 1 aromatic carbocycles. The molecule has 1 amide bonds. The molecule has 5 nitrogen and oxygen atoms in total. The smallest absolute Gasteiger partial charge is 0.335 e. The van der Waals surface area contributed by atoms with Gasteiger partial charge in [-0.3, -0.25) is 4.79 Å². The fourth-order valence-corrected chi connectivity index (χ4v) is 3.15. The molecule has 1 atom stereocenters. The third-order valence-electron chi connectivity index (χ3n) is 4.36. The molecule has 2 rings (SSSR count). The fraction of sp³-hybridized carbons (Fsp3) is 0.556. The number of nitrogens with zero attached hydrogens (tertiary/aromatic N) is 1. The Labute approximate surface area is 137 Å². The standard InChI is InChI=1S/C18H25NO4/c1-13-9-15(11-16(10-13)18(21)22)17(20)19-7-4-3-5-14(12-19)6-8-23-2/h9-11,14H,3-8,12H2,1-2H3,(H,21,22). The van der Waals surface area contributed by atoms with Gasteiger partial charge in [0.1, 0.15) is 0 Å². The van der Waals surface area contributed by atoms with Crippen LogP contribution in [0.15, 0.2) is 18.2 Å². The van der Waals surface area contributed by atoms with Crippen LogP contribution in [0.3, 0.4) is 0 Å². The van der Waals surface area contributed by atoms with Crippen LogP contribution in [-0.2, 0) is 4.74 Å². The van der Waals surface area contributed by atoms with Crippen LogP contribution in [0.4, 0.5) is 0 Å². The highest BCUT2D eigenvalue weighted by atomic mass is 16.5. The fourth-order valence-electron chi connectivity index (χ4n) is 3.15. The molecule has 0 radical (unpaired) electrons. The lowest BCUT2D eigenvalue weighted by Crippen LogP contribution is -2.35. The topological polar surface area (TPSA) is 66.8 Å². The number of rotatable bonds is 5. The molecule has 1 aliphatic rings. The van der Waals surface area contributed by atoms with E-state index in [1.165, 1.54) is 6.07 Å². The molecule has 1 aliphatic heterocycles. The summed E-state index contributed by atoms with van der Waals surface area (Å²) in [6, 6.07) is 4.83. The van der Waals surface area contributed by atoms with Gasteiger partial charge in [-0.1, -0.05) is 6.42 Å². The maximum absolute atomic E-state index is 12.8. The number of aryl methyl sites for hydroxylation is 1. The van der Waals surface area contributed by atoms with Gasteiger partial charge in [0.2, 0.25) is 0 Å². The lowest BCUT2D eigenvalue weighted by atomic mass is 10.00. The highest BCUT2D eigenvalue weighted by molar-refractivity contribution is 5.97. The predicted octanol–water partition coefficient (Wildman–Crippen LogP) is 2.97. The van der Waals surface area contributed by atoms with E-state index in [0.29, 0.717) is 18.1 Å². The first kappa shape index (κ1) is 17.5. The number of carboxylic acid groups (broad SMARTS) is 1.